The van der Waals surface area contributed by atoms with Crippen LogP contribution in [0.15, 0.2) is 42.6 Å². The molecular weight excluding hydrogens is 309 g/mol. The summed E-state index contributed by atoms with van der Waals surface area (Å²) in [5, 5.41) is 13.9. The van der Waals surface area contributed by atoms with Gasteiger partial charge < -0.3 is 10.4 Å². The van der Waals surface area contributed by atoms with Crippen LogP contribution in [0, 0.1) is 5.82 Å². The van der Waals surface area contributed by atoms with Gasteiger partial charge in [-0.15, -0.1) is 0 Å². The summed E-state index contributed by atoms with van der Waals surface area (Å²) in [6, 6.07) is 8.32. The number of phenols is 1. The number of nitrogens with zero attached hydrogens (tertiary/aromatic N) is 2. The number of benzene rings is 2. The third-order valence-electron chi connectivity index (χ3n) is 3.47. The quantitative estimate of drug-likeness (QED) is 0.718. The van der Waals surface area contributed by atoms with E-state index in [4.69, 9.17) is 0 Å². The molecule has 0 radical (unpaired) electrons. The Morgan fingerprint density at radius 3 is 2.58 bits per heavy atom. The summed E-state index contributed by atoms with van der Waals surface area (Å²) in [4.78, 5) is 21.0. The lowest BCUT2D eigenvalue weighted by atomic mass is 10.0. The van der Waals surface area contributed by atoms with Gasteiger partial charge in [-0.25, -0.2) is 14.4 Å². The zero-order valence-corrected chi connectivity index (χ0v) is 13.2. The number of ketones is 1. The highest BCUT2D eigenvalue weighted by Crippen LogP contribution is 2.26. The van der Waals surface area contributed by atoms with E-state index in [-0.39, 0.29) is 17.4 Å². The number of nitrogens with one attached hydrogen (secondary N) is 1. The molecule has 3 aromatic rings. The maximum Gasteiger partial charge on any atom is 0.223 e. The van der Waals surface area contributed by atoms with Crippen LogP contribution in [0.3, 0.4) is 0 Å². The van der Waals surface area contributed by atoms with E-state index in [2.05, 4.69) is 15.3 Å². The summed E-state index contributed by atoms with van der Waals surface area (Å²) < 4.78 is 13.0. The molecule has 1 aromatic heterocycles. The molecule has 0 aliphatic rings. The molecule has 0 spiro atoms. The summed E-state index contributed by atoms with van der Waals surface area (Å²) in [5.74, 6) is -0.535. The number of phenolic OH excluding ortho intramolecular Hbond substituents is 1. The van der Waals surface area contributed by atoms with Crippen molar-refractivity contribution in [2.75, 3.05) is 5.32 Å². The minimum absolute atomic E-state index is 0.127. The molecule has 2 N–H and O–H groups in total. The van der Waals surface area contributed by atoms with Gasteiger partial charge in [0.2, 0.25) is 5.95 Å². The fraction of sp³-hybridized carbons (Fsp3) is 0.167. The van der Waals surface area contributed by atoms with Gasteiger partial charge in [-0.05, 0) is 44.2 Å². The Morgan fingerprint density at radius 2 is 1.92 bits per heavy atom. The first-order valence-electron chi connectivity index (χ1n) is 7.50. The molecule has 0 aliphatic heterocycles. The maximum absolute atomic E-state index is 13.0. The summed E-state index contributed by atoms with van der Waals surface area (Å²) in [5.41, 5.74) is 0.952. The smallest absolute Gasteiger partial charge is 0.223 e. The van der Waals surface area contributed by atoms with Crippen molar-refractivity contribution in [1.29, 1.82) is 0 Å². The first-order valence-corrected chi connectivity index (χ1v) is 7.50. The minimum Gasteiger partial charge on any atom is -0.507 e. The molecule has 0 amide bonds. The average molecular weight is 325 g/mol. The van der Waals surface area contributed by atoms with E-state index in [1.165, 1.54) is 36.4 Å². The van der Waals surface area contributed by atoms with Crippen molar-refractivity contribution < 1.29 is 14.3 Å². The van der Waals surface area contributed by atoms with Crippen molar-refractivity contribution in [3.05, 3.63) is 59.5 Å². The van der Waals surface area contributed by atoms with Gasteiger partial charge in [0.05, 0.1) is 11.1 Å². The maximum atomic E-state index is 13.0. The predicted octanol–water partition coefficient (Wildman–Crippen LogP) is 3.53. The second-order valence-electron chi connectivity index (χ2n) is 5.76. The van der Waals surface area contributed by atoms with Crippen molar-refractivity contribution in [2.24, 2.45) is 0 Å². The molecule has 0 saturated carbocycles. The van der Waals surface area contributed by atoms with Crippen LogP contribution < -0.4 is 5.32 Å². The second kappa shape index (κ2) is 6.23. The molecule has 24 heavy (non-hydrogen) atoms. The molecule has 0 fully saturated rings. The SMILES string of the molecule is CC(C)Nc1ncc2cc(C(=O)c3ccc(F)cc3)c(O)cc2n1. The standard InChI is InChI=1S/C18H16FN3O2/c1-10(2)21-18-20-9-12-7-14(16(23)8-15(12)22-18)17(24)11-3-5-13(19)6-4-11/h3-10,23H,1-2H3,(H,20,21,22). The highest BCUT2D eigenvalue weighted by Gasteiger charge is 2.16. The fourth-order valence-corrected chi connectivity index (χ4v) is 2.33. The number of rotatable bonds is 4. The molecule has 2 aromatic carbocycles. The van der Waals surface area contributed by atoms with Gasteiger partial charge in [0, 0.05) is 29.3 Å². The number of fused-ring (bicyclic) bond motifs is 1. The Hall–Kier alpha value is -3.02. The van der Waals surface area contributed by atoms with Crippen molar-refractivity contribution in [3.8, 4) is 5.75 Å². The Labute approximate surface area is 138 Å². The van der Waals surface area contributed by atoms with E-state index in [1.807, 2.05) is 13.8 Å². The zero-order chi connectivity index (χ0) is 17.3. The number of hydrogen-bond donors (Lipinski definition) is 2. The van der Waals surface area contributed by atoms with E-state index in [1.54, 1.807) is 6.20 Å². The zero-order valence-electron chi connectivity index (χ0n) is 13.2. The van der Waals surface area contributed by atoms with Crippen molar-refractivity contribution in [1.82, 2.24) is 9.97 Å². The van der Waals surface area contributed by atoms with Crippen LogP contribution in [0.2, 0.25) is 0 Å². The monoisotopic (exact) mass is 325 g/mol. The lowest BCUT2D eigenvalue weighted by molar-refractivity contribution is 0.103. The number of hydrogen-bond acceptors (Lipinski definition) is 5. The Balaban J connectivity index is 2.01. The largest absolute Gasteiger partial charge is 0.507 e. The van der Waals surface area contributed by atoms with Crippen molar-refractivity contribution >= 4 is 22.6 Å². The van der Waals surface area contributed by atoms with Crippen LogP contribution in [0.1, 0.15) is 29.8 Å². The van der Waals surface area contributed by atoms with E-state index in [0.717, 1.165) is 0 Å². The van der Waals surface area contributed by atoms with E-state index in [9.17, 15) is 14.3 Å². The Kier molecular flexibility index (Phi) is 4.12. The summed E-state index contributed by atoms with van der Waals surface area (Å²) in [6.45, 7) is 3.94. The fourth-order valence-electron chi connectivity index (χ4n) is 2.33. The van der Waals surface area contributed by atoms with Gasteiger partial charge in [-0.3, -0.25) is 4.79 Å². The molecule has 1 heterocycles. The molecular formula is C18H16FN3O2. The van der Waals surface area contributed by atoms with Gasteiger partial charge in [0.15, 0.2) is 5.78 Å². The molecule has 3 rings (SSSR count). The van der Waals surface area contributed by atoms with Crippen LogP contribution in [-0.4, -0.2) is 26.9 Å². The highest BCUT2D eigenvalue weighted by atomic mass is 19.1. The van der Waals surface area contributed by atoms with Crippen LogP contribution >= 0.6 is 0 Å². The molecule has 0 unspecified atom stereocenters. The van der Waals surface area contributed by atoms with Gasteiger partial charge in [-0.1, -0.05) is 0 Å². The molecule has 0 aliphatic carbocycles. The van der Waals surface area contributed by atoms with Gasteiger partial charge in [0.1, 0.15) is 11.6 Å². The number of carbonyl (C=O) groups excluding carboxylic acids is 1. The van der Waals surface area contributed by atoms with E-state index in [0.29, 0.717) is 22.4 Å². The van der Waals surface area contributed by atoms with Crippen LogP contribution in [-0.2, 0) is 0 Å². The number of aromatic nitrogens is 2. The van der Waals surface area contributed by atoms with E-state index >= 15 is 0 Å². The Bertz CT molecular complexity index is 908. The predicted molar refractivity (Wildman–Crippen MR) is 89.8 cm³/mol. The van der Waals surface area contributed by atoms with Gasteiger partial charge in [-0.2, -0.15) is 0 Å². The normalized spacial score (nSPS) is 11.0. The number of carbonyl (C=O) groups is 1. The van der Waals surface area contributed by atoms with Crippen molar-refractivity contribution in [2.45, 2.75) is 19.9 Å². The lowest BCUT2D eigenvalue weighted by Gasteiger charge is -2.10. The average Bonchev–Trinajstić information content (AvgIpc) is 2.53. The number of halogens is 1. The number of anilines is 1. The van der Waals surface area contributed by atoms with Gasteiger partial charge in [0.25, 0.3) is 0 Å². The second-order valence-corrected chi connectivity index (χ2v) is 5.76. The number of aromatic hydroxyl groups is 1. The van der Waals surface area contributed by atoms with E-state index < -0.39 is 11.6 Å². The first-order chi connectivity index (χ1) is 11.4. The topological polar surface area (TPSA) is 75.1 Å². The molecule has 0 atom stereocenters. The molecule has 122 valence electrons. The molecule has 5 nitrogen and oxygen atoms in total. The summed E-state index contributed by atoms with van der Waals surface area (Å²) in [7, 11) is 0. The molecule has 6 heteroatoms. The van der Waals surface area contributed by atoms with Crippen LogP contribution in [0.25, 0.3) is 10.9 Å². The Morgan fingerprint density at radius 1 is 1.21 bits per heavy atom. The van der Waals surface area contributed by atoms with Crippen LogP contribution in [0.5, 0.6) is 5.75 Å². The summed E-state index contributed by atoms with van der Waals surface area (Å²) in [6.07, 6.45) is 1.59. The van der Waals surface area contributed by atoms with Crippen LogP contribution in [0.4, 0.5) is 10.3 Å². The van der Waals surface area contributed by atoms with Gasteiger partial charge >= 0.3 is 0 Å². The highest BCUT2D eigenvalue weighted by molar-refractivity contribution is 6.12. The first kappa shape index (κ1) is 15.9. The summed E-state index contributed by atoms with van der Waals surface area (Å²) >= 11 is 0. The lowest BCUT2D eigenvalue weighted by Crippen LogP contribution is -2.12. The molecule has 0 bridgehead atoms. The third-order valence-corrected chi connectivity index (χ3v) is 3.47. The minimum atomic E-state index is -0.423. The van der Waals surface area contributed by atoms with Crippen molar-refractivity contribution in [3.63, 3.8) is 0 Å². The third kappa shape index (κ3) is 3.17. The molecule has 0 saturated heterocycles.